The molecule has 0 spiro atoms. The summed E-state index contributed by atoms with van der Waals surface area (Å²) >= 11 is 0. The van der Waals surface area contributed by atoms with Crippen LogP contribution in [0, 0.1) is 5.41 Å². The van der Waals surface area contributed by atoms with Crippen LogP contribution in [-0.2, 0) is 5.41 Å². The van der Waals surface area contributed by atoms with Gasteiger partial charge in [-0.15, -0.1) is 0 Å². The number of nitrogens with one attached hydrogen (secondary N) is 1. The van der Waals surface area contributed by atoms with Crippen LogP contribution in [0.3, 0.4) is 0 Å². The number of amidine groups is 1. The van der Waals surface area contributed by atoms with Gasteiger partial charge in [0.15, 0.2) is 0 Å². The minimum absolute atomic E-state index is 0.173. The molecule has 0 saturated heterocycles. The van der Waals surface area contributed by atoms with E-state index in [4.69, 9.17) is 10.9 Å². The summed E-state index contributed by atoms with van der Waals surface area (Å²) in [6.45, 7) is 11.3. The first-order valence-corrected chi connectivity index (χ1v) is 6.99. The molecule has 112 valence electrons. The lowest BCUT2D eigenvalue weighted by Crippen LogP contribution is -2.33. The minimum atomic E-state index is -0.312. The third-order valence-electron chi connectivity index (χ3n) is 3.63. The number of hydrogen-bond acceptors (Lipinski definition) is 3. The van der Waals surface area contributed by atoms with E-state index in [2.05, 4.69) is 55.5 Å². The lowest BCUT2D eigenvalue weighted by molar-refractivity contribution is 0.306. The fraction of sp³-hybridized carbons (Fsp3) is 0.562. The van der Waals surface area contributed by atoms with Crippen LogP contribution in [0.1, 0.15) is 46.6 Å². The highest BCUT2D eigenvalue weighted by atomic mass is 16.4. The number of anilines is 1. The van der Waals surface area contributed by atoms with Crippen molar-refractivity contribution >= 4 is 11.5 Å². The molecule has 0 heterocycles. The number of hydrogen-bond donors (Lipinski definition) is 3. The summed E-state index contributed by atoms with van der Waals surface area (Å²) in [5.41, 5.74) is 7.94. The maximum Gasteiger partial charge on any atom is 0.144 e. The molecule has 0 aliphatic carbocycles. The normalized spacial score (nSPS) is 13.3. The van der Waals surface area contributed by atoms with Crippen molar-refractivity contribution in [3.8, 4) is 0 Å². The maximum absolute atomic E-state index is 8.74. The Kier molecular flexibility index (Phi) is 5.03. The second-order valence-corrected chi connectivity index (χ2v) is 6.87. The molecule has 0 fully saturated rings. The lowest BCUT2D eigenvalue weighted by atomic mass is 9.87. The summed E-state index contributed by atoms with van der Waals surface area (Å²) in [7, 11) is 0. The summed E-state index contributed by atoms with van der Waals surface area (Å²) in [4.78, 5) is 0. The van der Waals surface area contributed by atoms with Crippen molar-refractivity contribution in [3.05, 3.63) is 29.8 Å². The SMILES string of the molecule is CC(C)(CCNc1ccc(C(C)(C)C)cc1)C(N)=NO. The second-order valence-electron chi connectivity index (χ2n) is 6.87. The monoisotopic (exact) mass is 277 g/mol. The quantitative estimate of drug-likeness (QED) is 0.333. The fourth-order valence-corrected chi connectivity index (χ4v) is 1.87. The van der Waals surface area contributed by atoms with Gasteiger partial charge in [-0.25, -0.2) is 0 Å². The zero-order valence-corrected chi connectivity index (χ0v) is 13.2. The van der Waals surface area contributed by atoms with Gasteiger partial charge in [0.2, 0.25) is 0 Å². The van der Waals surface area contributed by atoms with Crippen molar-refractivity contribution in [3.63, 3.8) is 0 Å². The molecule has 1 aromatic carbocycles. The predicted octanol–water partition coefficient (Wildman–Crippen LogP) is 3.56. The van der Waals surface area contributed by atoms with Gasteiger partial charge in [0.05, 0.1) is 0 Å². The van der Waals surface area contributed by atoms with Crippen LogP contribution in [0.2, 0.25) is 0 Å². The summed E-state index contributed by atoms with van der Waals surface area (Å²) in [6.07, 6.45) is 0.796. The third kappa shape index (κ3) is 4.44. The predicted molar refractivity (Wildman–Crippen MR) is 85.4 cm³/mol. The Balaban J connectivity index is 2.55. The van der Waals surface area contributed by atoms with E-state index in [0.29, 0.717) is 0 Å². The molecule has 1 aromatic rings. The van der Waals surface area contributed by atoms with Crippen LogP contribution in [-0.4, -0.2) is 17.6 Å². The summed E-state index contributed by atoms with van der Waals surface area (Å²) in [5.74, 6) is 0.266. The van der Waals surface area contributed by atoms with Crippen molar-refractivity contribution in [2.24, 2.45) is 16.3 Å². The van der Waals surface area contributed by atoms with Gasteiger partial charge in [0, 0.05) is 17.6 Å². The molecule has 0 unspecified atom stereocenters. The Morgan fingerprint density at radius 1 is 1.15 bits per heavy atom. The van der Waals surface area contributed by atoms with Crippen LogP contribution in [0.5, 0.6) is 0 Å². The van der Waals surface area contributed by atoms with Crippen molar-refractivity contribution in [1.82, 2.24) is 0 Å². The number of nitrogens with zero attached hydrogens (tertiary/aromatic N) is 1. The first-order valence-electron chi connectivity index (χ1n) is 6.99. The summed E-state index contributed by atoms with van der Waals surface area (Å²) in [5, 5.41) is 15.2. The minimum Gasteiger partial charge on any atom is -0.409 e. The first-order chi connectivity index (χ1) is 9.16. The van der Waals surface area contributed by atoms with Crippen molar-refractivity contribution in [2.45, 2.75) is 46.5 Å². The molecule has 4 heteroatoms. The highest BCUT2D eigenvalue weighted by molar-refractivity contribution is 5.85. The topological polar surface area (TPSA) is 70.6 Å². The highest BCUT2D eigenvalue weighted by Gasteiger charge is 2.22. The molecule has 0 saturated carbocycles. The number of oxime groups is 1. The molecular formula is C16H27N3O. The third-order valence-corrected chi connectivity index (χ3v) is 3.63. The van der Waals surface area contributed by atoms with Gasteiger partial charge in [0.25, 0.3) is 0 Å². The van der Waals surface area contributed by atoms with Crippen LogP contribution < -0.4 is 11.1 Å². The average molecular weight is 277 g/mol. The van der Waals surface area contributed by atoms with E-state index in [1.807, 2.05) is 13.8 Å². The highest BCUT2D eigenvalue weighted by Crippen LogP contribution is 2.24. The van der Waals surface area contributed by atoms with E-state index >= 15 is 0 Å². The van der Waals surface area contributed by atoms with Crippen molar-refractivity contribution < 1.29 is 5.21 Å². The molecule has 0 amide bonds. The first kappa shape index (κ1) is 16.3. The molecule has 4 N–H and O–H groups in total. The van der Waals surface area contributed by atoms with E-state index in [0.717, 1.165) is 18.7 Å². The molecule has 0 radical (unpaired) electrons. The van der Waals surface area contributed by atoms with Crippen molar-refractivity contribution in [1.29, 1.82) is 0 Å². The Bertz CT molecular complexity index is 456. The molecule has 4 nitrogen and oxygen atoms in total. The van der Waals surface area contributed by atoms with Gasteiger partial charge in [-0.1, -0.05) is 51.9 Å². The Labute approximate surface area is 122 Å². The molecule has 0 bridgehead atoms. The van der Waals surface area contributed by atoms with Crippen LogP contribution >= 0.6 is 0 Å². The molecule has 0 aromatic heterocycles. The zero-order chi connectivity index (χ0) is 15.4. The van der Waals surface area contributed by atoms with Gasteiger partial charge in [0.1, 0.15) is 5.84 Å². The molecule has 0 aliphatic rings. The number of benzene rings is 1. The Hall–Kier alpha value is -1.71. The summed E-state index contributed by atoms with van der Waals surface area (Å²) in [6, 6.07) is 8.49. The Morgan fingerprint density at radius 3 is 2.15 bits per heavy atom. The van der Waals surface area contributed by atoms with E-state index < -0.39 is 0 Å². The maximum atomic E-state index is 8.74. The molecule has 0 aliphatic heterocycles. The van der Waals surface area contributed by atoms with Gasteiger partial charge in [-0.3, -0.25) is 0 Å². The molecule has 0 atom stereocenters. The zero-order valence-electron chi connectivity index (χ0n) is 13.2. The smallest absolute Gasteiger partial charge is 0.144 e. The number of rotatable bonds is 5. The molecule has 1 rings (SSSR count). The summed E-state index contributed by atoms with van der Waals surface area (Å²) < 4.78 is 0. The van der Waals surface area contributed by atoms with E-state index in [1.165, 1.54) is 5.56 Å². The van der Waals surface area contributed by atoms with Gasteiger partial charge >= 0.3 is 0 Å². The number of nitrogens with two attached hydrogens (primary N) is 1. The van der Waals surface area contributed by atoms with Crippen LogP contribution in [0.15, 0.2) is 29.4 Å². The van der Waals surface area contributed by atoms with Gasteiger partial charge in [-0.2, -0.15) is 0 Å². The van der Waals surface area contributed by atoms with Crippen LogP contribution in [0.4, 0.5) is 5.69 Å². The van der Waals surface area contributed by atoms with E-state index in [9.17, 15) is 0 Å². The van der Waals surface area contributed by atoms with E-state index in [-0.39, 0.29) is 16.7 Å². The fourth-order valence-electron chi connectivity index (χ4n) is 1.87. The largest absolute Gasteiger partial charge is 0.409 e. The second kappa shape index (κ2) is 6.16. The van der Waals surface area contributed by atoms with Crippen molar-refractivity contribution in [2.75, 3.05) is 11.9 Å². The van der Waals surface area contributed by atoms with Crippen LogP contribution in [0.25, 0.3) is 0 Å². The molecular weight excluding hydrogens is 250 g/mol. The lowest BCUT2D eigenvalue weighted by Gasteiger charge is -2.23. The molecule has 20 heavy (non-hydrogen) atoms. The van der Waals surface area contributed by atoms with Gasteiger partial charge < -0.3 is 16.3 Å². The average Bonchev–Trinajstić information content (AvgIpc) is 2.37. The Morgan fingerprint density at radius 2 is 1.70 bits per heavy atom. The van der Waals surface area contributed by atoms with Gasteiger partial charge in [-0.05, 0) is 29.5 Å². The van der Waals surface area contributed by atoms with E-state index in [1.54, 1.807) is 0 Å². The standard InChI is InChI=1S/C16H27N3O/c1-15(2,3)12-6-8-13(9-7-12)18-11-10-16(4,5)14(17)19-20/h6-9,18,20H,10-11H2,1-5H3,(H2,17,19).